The zero-order valence-electron chi connectivity index (χ0n) is 28.9. The number of benzene rings is 2. The third kappa shape index (κ3) is 10.1. The Kier molecular flexibility index (Phi) is 13.3. The van der Waals surface area contributed by atoms with E-state index in [1.165, 1.54) is 22.7 Å². The number of hydrogen-bond acceptors (Lipinski definition) is 6. The van der Waals surface area contributed by atoms with Crippen LogP contribution < -0.4 is 5.73 Å². The van der Waals surface area contributed by atoms with E-state index in [1.54, 1.807) is 6.92 Å². The lowest BCUT2D eigenvalue weighted by molar-refractivity contribution is -0.139. The molecule has 2 heterocycles. The number of thioether (sulfide) groups is 1. The number of nitrogens with two attached hydrogens (primary N) is 1. The van der Waals surface area contributed by atoms with Crippen LogP contribution in [0.4, 0.5) is 8.78 Å². The van der Waals surface area contributed by atoms with Gasteiger partial charge < -0.3 is 15.2 Å². The molecule has 0 aliphatic carbocycles. The van der Waals surface area contributed by atoms with Crippen LogP contribution in [-0.2, 0) is 25.7 Å². The summed E-state index contributed by atoms with van der Waals surface area (Å²) in [5.41, 5.74) is 7.95. The molecule has 2 unspecified atom stereocenters. The van der Waals surface area contributed by atoms with Gasteiger partial charge in [-0.05, 0) is 54.6 Å². The molecule has 2 atom stereocenters. The van der Waals surface area contributed by atoms with Crippen molar-refractivity contribution in [2.45, 2.75) is 72.4 Å². The molecule has 2 aromatic carbocycles. The fourth-order valence-corrected chi connectivity index (χ4v) is 7.20. The molecule has 2 N–H and O–H groups in total. The highest BCUT2D eigenvalue weighted by Gasteiger charge is 2.37. The fourth-order valence-electron chi connectivity index (χ4n) is 6.34. The minimum Gasteiger partial charge on any atom is -0.344 e. The van der Waals surface area contributed by atoms with Crippen LogP contribution in [-0.4, -0.2) is 69.0 Å². The summed E-state index contributed by atoms with van der Waals surface area (Å²) < 4.78 is 31.3. The van der Waals surface area contributed by atoms with Crippen molar-refractivity contribution in [3.05, 3.63) is 83.7 Å². The first-order chi connectivity index (χ1) is 23.3. The van der Waals surface area contributed by atoms with Gasteiger partial charge in [-0.3, -0.25) is 24.1 Å². The van der Waals surface area contributed by atoms with Crippen molar-refractivity contribution < 1.29 is 28.0 Å². The fraction of sp³-hybridized carbons (Fsp3) is 0.474. The van der Waals surface area contributed by atoms with E-state index in [-0.39, 0.29) is 66.5 Å². The van der Waals surface area contributed by atoms with Crippen molar-refractivity contribution in [2.24, 2.45) is 17.1 Å². The standard InChI is InChI=1S/C38H48F2N4O4S/c1-26-20-34(46)44(37(26)48)17-8-12-30(45)15-19-49-25-35(47)43(18-9-16-41)36(38(2,3)4)33-21-28(31-22-29(39)13-14-32(31)40)24-42(33)23-27-10-6-5-7-11-27/h5-7,10-11,13-14,21-22,24,26,36H,8-9,12,15-20,23,25,41H2,1-4H3. The van der Waals surface area contributed by atoms with Crippen LogP contribution in [0.1, 0.15) is 77.1 Å². The molecule has 1 aliphatic rings. The van der Waals surface area contributed by atoms with Gasteiger partial charge in [0, 0.05) is 73.6 Å². The second-order valence-electron chi connectivity index (χ2n) is 13.8. The molecule has 8 nitrogen and oxygen atoms in total. The van der Waals surface area contributed by atoms with Gasteiger partial charge >= 0.3 is 0 Å². The first-order valence-corrected chi connectivity index (χ1v) is 18.1. The van der Waals surface area contributed by atoms with Gasteiger partial charge in [0.15, 0.2) is 0 Å². The maximum Gasteiger partial charge on any atom is 0.233 e. The average Bonchev–Trinajstić information content (AvgIpc) is 3.56. The Hall–Kier alpha value is -3.83. The van der Waals surface area contributed by atoms with Crippen molar-refractivity contribution in [3.8, 4) is 11.1 Å². The molecule has 4 rings (SSSR count). The van der Waals surface area contributed by atoms with Crippen LogP contribution in [0.2, 0.25) is 0 Å². The molecule has 0 bridgehead atoms. The number of nitrogens with zero attached hydrogens (tertiary/aromatic N) is 3. The number of likely N-dealkylation sites (tertiary alicyclic amines) is 1. The number of hydrogen-bond donors (Lipinski definition) is 1. The number of aromatic nitrogens is 1. The van der Waals surface area contributed by atoms with Crippen molar-refractivity contribution in [2.75, 3.05) is 31.1 Å². The van der Waals surface area contributed by atoms with Crippen molar-refractivity contribution in [1.82, 2.24) is 14.4 Å². The molecule has 264 valence electrons. The summed E-state index contributed by atoms with van der Waals surface area (Å²) in [6, 6.07) is 14.7. The zero-order chi connectivity index (χ0) is 35.7. The van der Waals surface area contributed by atoms with E-state index in [9.17, 15) is 23.6 Å². The van der Waals surface area contributed by atoms with E-state index < -0.39 is 23.1 Å². The first-order valence-electron chi connectivity index (χ1n) is 16.9. The third-order valence-corrected chi connectivity index (χ3v) is 9.70. The normalized spacial score (nSPS) is 15.6. The van der Waals surface area contributed by atoms with Gasteiger partial charge in [0.25, 0.3) is 0 Å². The predicted molar refractivity (Wildman–Crippen MR) is 190 cm³/mol. The molecule has 3 amide bonds. The predicted octanol–water partition coefficient (Wildman–Crippen LogP) is 6.61. The van der Waals surface area contributed by atoms with Crippen LogP contribution in [0.5, 0.6) is 0 Å². The molecule has 1 aromatic heterocycles. The van der Waals surface area contributed by atoms with Gasteiger partial charge in [-0.25, -0.2) is 8.78 Å². The Morgan fingerprint density at radius 3 is 2.43 bits per heavy atom. The molecule has 0 saturated carbocycles. The van der Waals surface area contributed by atoms with E-state index in [4.69, 9.17) is 5.73 Å². The first kappa shape index (κ1) is 38.0. The highest BCUT2D eigenvalue weighted by Crippen LogP contribution is 2.41. The number of imide groups is 1. The number of ketones is 1. The smallest absolute Gasteiger partial charge is 0.233 e. The summed E-state index contributed by atoms with van der Waals surface area (Å²) in [7, 11) is 0. The lowest BCUT2D eigenvalue weighted by Crippen LogP contribution is -2.44. The van der Waals surface area contributed by atoms with E-state index in [0.29, 0.717) is 43.8 Å². The quantitative estimate of drug-likeness (QED) is 0.126. The second kappa shape index (κ2) is 17.2. The van der Waals surface area contributed by atoms with Gasteiger partial charge in [0.1, 0.15) is 17.4 Å². The Morgan fingerprint density at radius 2 is 1.78 bits per heavy atom. The minimum absolute atomic E-state index is 0.0236. The highest BCUT2D eigenvalue weighted by atomic mass is 32.2. The summed E-state index contributed by atoms with van der Waals surface area (Å²) in [5, 5.41) is 0. The Labute approximate surface area is 292 Å². The van der Waals surface area contributed by atoms with Gasteiger partial charge in [0.2, 0.25) is 17.7 Å². The third-order valence-electron chi connectivity index (χ3n) is 8.76. The topological polar surface area (TPSA) is 106 Å². The molecule has 1 fully saturated rings. The monoisotopic (exact) mass is 694 g/mol. The second-order valence-corrected chi connectivity index (χ2v) is 14.9. The SMILES string of the molecule is CC1CC(=O)N(CCCC(=O)CCSCC(=O)N(CCCN)C(c2cc(-c3cc(F)ccc3F)cn2Cc2ccccc2)C(C)(C)C)C1=O. The van der Waals surface area contributed by atoms with Gasteiger partial charge in [-0.1, -0.05) is 58.0 Å². The summed E-state index contributed by atoms with van der Waals surface area (Å²) >= 11 is 1.39. The van der Waals surface area contributed by atoms with Crippen molar-refractivity contribution in [1.29, 1.82) is 0 Å². The number of carbonyl (C=O) groups excluding carboxylic acids is 4. The highest BCUT2D eigenvalue weighted by molar-refractivity contribution is 7.99. The Morgan fingerprint density at radius 1 is 1.04 bits per heavy atom. The van der Waals surface area contributed by atoms with Crippen molar-refractivity contribution >= 4 is 35.3 Å². The molecule has 49 heavy (non-hydrogen) atoms. The van der Waals surface area contributed by atoms with E-state index in [0.717, 1.165) is 23.4 Å². The molecule has 11 heteroatoms. The maximum absolute atomic E-state index is 15.0. The average molecular weight is 695 g/mol. The molecule has 0 radical (unpaired) electrons. The van der Waals surface area contributed by atoms with E-state index >= 15 is 4.39 Å². The molecule has 1 aliphatic heterocycles. The lowest BCUT2D eigenvalue weighted by Gasteiger charge is -2.41. The largest absolute Gasteiger partial charge is 0.344 e. The van der Waals surface area contributed by atoms with Crippen LogP contribution in [0.25, 0.3) is 11.1 Å². The zero-order valence-corrected chi connectivity index (χ0v) is 29.7. The van der Waals surface area contributed by atoms with E-state index in [1.807, 2.05) is 52.1 Å². The summed E-state index contributed by atoms with van der Waals surface area (Å²) in [5.74, 6) is -1.20. The van der Waals surface area contributed by atoms with Gasteiger partial charge in [0.05, 0.1) is 11.8 Å². The van der Waals surface area contributed by atoms with Crippen LogP contribution in [0.3, 0.4) is 0 Å². The number of Topliss-reactive ketones (excluding diaryl/α,β-unsaturated/α-hetero) is 1. The molecular formula is C38H48F2N4O4S. The summed E-state index contributed by atoms with van der Waals surface area (Å²) in [4.78, 5) is 53.8. The van der Waals surface area contributed by atoms with Crippen LogP contribution >= 0.6 is 11.8 Å². The molecular weight excluding hydrogens is 647 g/mol. The lowest BCUT2D eigenvalue weighted by atomic mass is 9.83. The summed E-state index contributed by atoms with van der Waals surface area (Å²) in [6.45, 7) is 9.41. The molecule has 3 aromatic rings. The minimum atomic E-state index is -0.539. The van der Waals surface area contributed by atoms with Crippen LogP contribution in [0.15, 0.2) is 60.8 Å². The number of halogens is 2. The van der Waals surface area contributed by atoms with Crippen LogP contribution in [0, 0.1) is 23.0 Å². The number of carbonyl (C=O) groups is 4. The molecule has 1 saturated heterocycles. The number of amides is 3. The van der Waals surface area contributed by atoms with Crippen molar-refractivity contribution in [3.63, 3.8) is 0 Å². The summed E-state index contributed by atoms with van der Waals surface area (Å²) in [6.07, 6.45) is 3.60. The maximum atomic E-state index is 15.0. The van der Waals surface area contributed by atoms with Gasteiger partial charge in [-0.2, -0.15) is 11.8 Å². The van der Waals surface area contributed by atoms with E-state index in [2.05, 4.69) is 20.8 Å². The number of rotatable bonds is 17. The van der Waals surface area contributed by atoms with Gasteiger partial charge in [-0.15, -0.1) is 0 Å². The Bertz CT molecular complexity index is 1620. The Balaban J connectivity index is 1.50. The molecule has 0 spiro atoms.